The van der Waals surface area contributed by atoms with Crippen LogP contribution in [0.4, 0.5) is 5.82 Å². The van der Waals surface area contributed by atoms with Crippen LogP contribution < -0.4 is 0 Å². The zero-order chi connectivity index (χ0) is 18.7. The van der Waals surface area contributed by atoms with Gasteiger partial charge in [0.2, 0.25) is 11.7 Å². The number of piperazine rings is 1. The number of aryl methyl sites for hydroxylation is 2. The highest BCUT2D eigenvalue weighted by molar-refractivity contribution is 9.11. The fraction of sp³-hybridized carbons (Fsp3) is 0.500. The summed E-state index contributed by atoms with van der Waals surface area (Å²) in [6.45, 7) is 6.18. The quantitative estimate of drug-likeness (QED) is 0.507. The van der Waals surface area contributed by atoms with Crippen LogP contribution in [0.3, 0.4) is 0 Å². The minimum absolute atomic E-state index is 0.0827. The van der Waals surface area contributed by atoms with Crippen LogP contribution in [0, 0.1) is 17.0 Å². The summed E-state index contributed by atoms with van der Waals surface area (Å²) in [7, 11) is 0. The van der Waals surface area contributed by atoms with Crippen LogP contribution in [-0.2, 0) is 17.9 Å². The predicted molar refractivity (Wildman–Crippen MR) is 102 cm³/mol. The Hall–Kier alpha value is -1.78. The Balaban J connectivity index is 1.45. The third-order valence-corrected chi connectivity index (χ3v) is 6.06. The maximum atomic E-state index is 12.4. The predicted octanol–water partition coefficient (Wildman–Crippen LogP) is 2.66. The number of hydrogen-bond donors (Lipinski definition) is 0. The Morgan fingerprint density at radius 1 is 1.35 bits per heavy atom. The number of aromatic nitrogens is 2. The molecular weight excluding hydrogens is 422 g/mol. The van der Waals surface area contributed by atoms with Crippen LogP contribution in [0.5, 0.6) is 0 Å². The summed E-state index contributed by atoms with van der Waals surface area (Å²) in [6.07, 6.45) is 1.71. The Morgan fingerprint density at radius 2 is 2.08 bits per heavy atom. The summed E-state index contributed by atoms with van der Waals surface area (Å²) in [4.78, 5) is 32.1. The van der Waals surface area contributed by atoms with Gasteiger partial charge in [0.15, 0.2) is 0 Å². The molecule has 0 atom stereocenters. The highest BCUT2D eigenvalue weighted by Gasteiger charge is 2.22. The second-order valence-electron chi connectivity index (χ2n) is 6.21. The fourth-order valence-corrected chi connectivity index (χ4v) is 4.52. The number of carbonyl (C=O) groups is 1. The van der Waals surface area contributed by atoms with E-state index >= 15 is 0 Å². The molecule has 3 heterocycles. The molecule has 1 saturated heterocycles. The lowest BCUT2D eigenvalue weighted by Crippen LogP contribution is -2.48. The van der Waals surface area contributed by atoms with E-state index in [-0.39, 0.29) is 11.7 Å². The van der Waals surface area contributed by atoms with E-state index in [0.717, 1.165) is 23.4 Å². The Labute approximate surface area is 163 Å². The highest BCUT2D eigenvalue weighted by Crippen LogP contribution is 2.23. The van der Waals surface area contributed by atoms with Gasteiger partial charge in [-0.2, -0.15) is 0 Å². The van der Waals surface area contributed by atoms with Crippen molar-refractivity contribution in [1.82, 2.24) is 19.4 Å². The van der Waals surface area contributed by atoms with Gasteiger partial charge in [0.1, 0.15) is 6.20 Å². The summed E-state index contributed by atoms with van der Waals surface area (Å²) in [5.41, 5.74) is 0. The van der Waals surface area contributed by atoms with Crippen LogP contribution in [0.1, 0.15) is 17.1 Å². The summed E-state index contributed by atoms with van der Waals surface area (Å²) in [6, 6.07) is 4.18. The van der Waals surface area contributed by atoms with E-state index in [9.17, 15) is 14.9 Å². The minimum atomic E-state index is -0.517. The molecule has 0 N–H and O–H groups in total. The number of nitro groups is 1. The number of imidazole rings is 1. The lowest BCUT2D eigenvalue weighted by atomic mass is 10.2. The molecule has 3 rings (SSSR count). The van der Waals surface area contributed by atoms with E-state index in [0.29, 0.717) is 31.9 Å². The maximum Gasteiger partial charge on any atom is 0.381 e. The topological polar surface area (TPSA) is 84.5 Å². The highest BCUT2D eigenvalue weighted by atomic mass is 79.9. The number of halogens is 1. The van der Waals surface area contributed by atoms with E-state index in [2.05, 4.69) is 37.9 Å². The van der Waals surface area contributed by atoms with Crippen molar-refractivity contribution in [2.24, 2.45) is 0 Å². The molecule has 0 aliphatic carbocycles. The lowest BCUT2D eigenvalue weighted by Gasteiger charge is -2.34. The van der Waals surface area contributed by atoms with Crippen molar-refractivity contribution in [3.63, 3.8) is 0 Å². The summed E-state index contributed by atoms with van der Waals surface area (Å²) in [5.74, 6) is 0.458. The maximum absolute atomic E-state index is 12.4. The van der Waals surface area contributed by atoms with Crippen LogP contribution >= 0.6 is 27.3 Å². The van der Waals surface area contributed by atoms with Crippen LogP contribution in [0.15, 0.2) is 22.1 Å². The molecule has 1 amide bonds. The molecule has 0 radical (unpaired) electrons. The molecule has 1 aliphatic heterocycles. The fourth-order valence-electron chi connectivity index (χ4n) is 2.99. The monoisotopic (exact) mass is 441 g/mol. The lowest BCUT2D eigenvalue weighted by molar-refractivity contribution is -0.389. The Morgan fingerprint density at radius 3 is 2.65 bits per heavy atom. The first kappa shape index (κ1) is 19.0. The molecule has 26 heavy (non-hydrogen) atoms. The van der Waals surface area contributed by atoms with Crippen molar-refractivity contribution in [2.75, 3.05) is 26.2 Å². The number of thiophene rings is 1. The van der Waals surface area contributed by atoms with Crippen molar-refractivity contribution >= 4 is 39.0 Å². The molecule has 140 valence electrons. The van der Waals surface area contributed by atoms with Crippen molar-refractivity contribution in [2.45, 2.75) is 26.4 Å². The molecule has 8 nitrogen and oxygen atoms in total. The molecule has 0 aromatic carbocycles. The van der Waals surface area contributed by atoms with Gasteiger partial charge >= 0.3 is 5.82 Å². The molecule has 1 fully saturated rings. The van der Waals surface area contributed by atoms with Crippen molar-refractivity contribution in [1.29, 1.82) is 0 Å². The zero-order valence-electron chi connectivity index (χ0n) is 14.4. The van der Waals surface area contributed by atoms with Gasteiger partial charge in [0.25, 0.3) is 0 Å². The van der Waals surface area contributed by atoms with Crippen molar-refractivity contribution in [3.05, 3.63) is 42.9 Å². The van der Waals surface area contributed by atoms with E-state index < -0.39 is 4.92 Å². The number of carbonyl (C=O) groups excluding carboxylic acids is 1. The van der Waals surface area contributed by atoms with Gasteiger partial charge in [-0.3, -0.25) is 9.69 Å². The van der Waals surface area contributed by atoms with Gasteiger partial charge in [0, 0.05) is 57.5 Å². The van der Waals surface area contributed by atoms with Crippen LogP contribution in [0.25, 0.3) is 0 Å². The van der Waals surface area contributed by atoms with Gasteiger partial charge in [-0.25, -0.2) is 0 Å². The third-order valence-electron chi connectivity index (χ3n) is 4.45. The normalized spacial score (nSPS) is 15.4. The largest absolute Gasteiger partial charge is 0.381 e. The number of rotatable bonds is 6. The number of hydrogen-bond acceptors (Lipinski definition) is 6. The van der Waals surface area contributed by atoms with Crippen LogP contribution in [0.2, 0.25) is 0 Å². The first-order chi connectivity index (χ1) is 12.4. The van der Waals surface area contributed by atoms with Crippen molar-refractivity contribution < 1.29 is 9.72 Å². The van der Waals surface area contributed by atoms with E-state index in [1.54, 1.807) is 22.8 Å². The number of nitrogens with zero attached hydrogens (tertiary/aromatic N) is 5. The second kappa shape index (κ2) is 8.28. The van der Waals surface area contributed by atoms with Gasteiger partial charge in [-0.15, -0.1) is 11.3 Å². The number of amides is 1. The van der Waals surface area contributed by atoms with E-state index in [1.165, 1.54) is 11.1 Å². The molecule has 2 aromatic rings. The van der Waals surface area contributed by atoms with Gasteiger partial charge < -0.3 is 19.6 Å². The zero-order valence-corrected chi connectivity index (χ0v) is 16.8. The molecule has 0 bridgehead atoms. The smallest absolute Gasteiger partial charge is 0.358 e. The van der Waals surface area contributed by atoms with E-state index in [4.69, 9.17) is 0 Å². The van der Waals surface area contributed by atoms with Gasteiger partial charge in [-0.05, 0) is 38.0 Å². The van der Waals surface area contributed by atoms with Gasteiger partial charge in [0.05, 0.1) is 3.79 Å². The molecule has 2 aromatic heterocycles. The average Bonchev–Trinajstić information content (AvgIpc) is 3.19. The summed E-state index contributed by atoms with van der Waals surface area (Å²) >= 11 is 5.22. The molecule has 0 unspecified atom stereocenters. The van der Waals surface area contributed by atoms with Crippen LogP contribution in [-0.4, -0.2) is 56.4 Å². The minimum Gasteiger partial charge on any atom is -0.358 e. The molecular formula is C16H20BrN5O3S. The Kier molecular flexibility index (Phi) is 6.05. The molecule has 0 saturated carbocycles. The average molecular weight is 442 g/mol. The van der Waals surface area contributed by atoms with Crippen molar-refractivity contribution in [3.8, 4) is 0 Å². The van der Waals surface area contributed by atoms with Gasteiger partial charge in [-0.1, -0.05) is 0 Å². The third kappa shape index (κ3) is 4.68. The molecule has 0 spiro atoms. The second-order valence-corrected chi connectivity index (χ2v) is 8.76. The summed E-state index contributed by atoms with van der Waals surface area (Å²) < 4.78 is 2.80. The SMILES string of the molecule is Cc1nc([N+](=O)[O-])cn1CCC(=O)N1CCN(Cc2ccc(Br)s2)CC1. The first-order valence-electron chi connectivity index (χ1n) is 8.35. The molecule has 10 heteroatoms. The van der Waals surface area contributed by atoms with E-state index in [1.807, 2.05) is 4.90 Å². The Bertz CT molecular complexity index is 798. The summed E-state index contributed by atoms with van der Waals surface area (Å²) in [5, 5.41) is 10.8. The molecule has 1 aliphatic rings. The first-order valence-corrected chi connectivity index (χ1v) is 9.96. The standard InChI is InChI=1S/C16H20BrN5O3S/c1-12-18-15(22(24)25)11-21(12)5-4-16(23)20-8-6-19(7-9-20)10-13-2-3-14(17)26-13/h2-3,11H,4-10H2,1H3.